The van der Waals surface area contributed by atoms with Crippen LogP contribution in [0.2, 0.25) is 0 Å². The zero-order valence-electron chi connectivity index (χ0n) is 31.6. The van der Waals surface area contributed by atoms with Crippen molar-refractivity contribution < 1.29 is 4.42 Å². The summed E-state index contributed by atoms with van der Waals surface area (Å²) in [7, 11) is 0. The predicted molar refractivity (Wildman–Crippen MR) is 236 cm³/mol. The fourth-order valence-corrected chi connectivity index (χ4v) is 7.57. The van der Waals surface area contributed by atoms with Gasteiger partial charge in [-0.2, -0.15) is 0 Å². The Morgan fingerprint density at radius 2 is 0.831 bits per heavy atom. The van der Waals surface area contributed by atoms with Crippen molar-refractivity contribution in [2.45, 2.75) is 0 Å². The summed E-state index contributed by atoms with van der Waals surface area (Å²) in [6, 6.07) is 63.8. The van der Waals surface area contributed by atoms with E-state index in [1.54, 1.807) is 0 Å². The largest absolute Gasteiger partial charge is 0.434 e. The van der Waals surface area contributed by atoms with E-state index in [0.717, 1.165) is 71.9 Å². The van der Waals surface area contributed by atoms with Gasteiger partial charge in [-0.25, -0.2) is 29.9 Å². The minimum atomic E-state index is 0.505. The van der Waals surface area contributed by atoms with Crippen LogP contribution in [0.5, 0.6) is 0 Å². The first-order chi connectivity index (χ1) is 29.2. The number of hydrogen-bond donors (Lipinski definition) is 0. The van der Waals surface area contributed by atoms with E-state index >= 15 is 0 Å². The molecule has 0 amide bonds. The molecule has 7 aromatic carbocycles. The van der Waals surface area contributed by atoms with Gasteiger partial charge >= 0.3 is 0 Å². The van der Waals surface area contributed by atoms with Crippen LogP contribution in [0.3, 0.4) is 0 Å². The highest BCUT2D eigenvalue weighted by molar-refractivity contribution is 6.07. The predicted octanol–water partition coefficient (Wildman–Crippen LogP) is 12.8. The van der Waals surface area contributed by atoms with Crippen LogP contribution in [0.25, 0.3) is 112 Å². The molecular formula is C52H32N6O. The van der Waals surface area contributed by atoms with Crippen molar-refractivity contribution in [2.75, 3.05) is 0 Å². The number of hydrogen-bond acceptors (Lipinski definition) is 7. The van der Waals surface area contributed by atoms with Crippen molar-refractivity contribution in [1.29, 1.82) is 0 Å². The summed E-state index contributed by atoms with van der Waals surface area (Å²) < 4.78 is 6.44. The Kier molecular flexibility index (Phi) is 8.33. The smallest absolute Gasteiger partial charge is 0.229 e. The first kappa shape index (κ1) is 34.1. The van der Waals surface area contributed by atoms with E-state index in [4.69, 9.17) is 34.3 Å². The van der Waals surface area contributed by atoms with Gasteiger partial charge in [0.05, 0.1) is 5.39 Å². The number of rotatable bonds is 7. The maximum absolute atomic E-state index is 6.44. The van der Waals surface area contributed by atoms with E-state index in [0.29, 0.717) is 40.1 Å². The number of benzene rings is 7. The van der Waals surface area contributed by atoms with Gasteiger partial charge in [0.1, 0.15) is 11.2 Å². The molecule has 4 aromatic heterocycles. The second kappa shape index (κ2) is 14.4. The average molecular weight is 757 g/mol. The van der Waals surface area contributed by atoms with Crippen molar-refractivity contribution in [3.05, 3.63) is 194 Å². The first-order valence-electron chi connectivity index (χ1n) is 19.4. The molecular weight excluding hydrogens is 725 g/mol. The van der Waals surface area contributed by atoms with Crippen molar-refractivity contribution in [3.63, 3.8) is 0 Å². The van der Waals surface area contributed by atoms with Gasteiger partial charge in [-0.3, -0.25) is 0 Å². The number of fused-ring (bicyclic) bond motifs is 4. The van der Waals surface area contributed by atoms with Crippen LogP contribution in [-0.4, -0.2) is 29.9 Å². The highest BCUT2D eigenvalue weighted by atomic mass is 16.3. The summed E-state index contributed by atoms with van der Waals surface area (Å²) in [5, 5.41) is 3.10. The number of nitrogens with zero attached hydrogens (tertiary/aromatic N) is 6. The molecule has 7 nitrogen and oxygen atoms in total. The molecule has 7 heteroatoms. The molecule has 0 bridgehead atoms. The molecule has 0 atom stereocenters. The Morgan fingerprint density at radius 1 is 0.322 bits per heavy atom. The standard InChI is InChI=1S/C52H32N6O/c1-4-13-33(14-5-1)40-21-12-22-41(29-40)51-57-48(37-18-8-3-9-19-37)56-49(58-51)38-26-23-35(24-27-38)43-31-44-46-47(59-52(44)53-32-43)45(36-16-6-2-7-17-36)54-50(55-46)42-28-25-34-15-10-11-20-39(34)30-42/h1-32H. The van der Waals surface area contributed by atoms with Gasteiger partial charge in [0.2, 0.25) is 5.71 Å². The Hall–Kier alpha value is -8.16. The van der Waals surface area contributed by atoms with Gasteiger partial charge in [-0.15, -0.1) is 0 Å². The van der Waals surface area contributed by atoms with Crippen LogP contribution in [0.4, 0.5) is 0 Å². The quantitative estimate of drug-likeness (QED) is 0.160. The molecule has 11 aromatic rings. The van der Waals surface area contributed by atoms with Gasteiger partial charge in [0.25, 0.3) is 0 Å². The molecule has 59 heavy (non-hydrogen) atoms. The van der Waals surface area contributed by atoms with Gasteiger partial charge in [-0.05, 0) is 45.7 Å². The summed E-state index contributed by atoms with van der Waals surface area (Å²) in [4.78, 5) is 30.0. The Labute approximate surface area is 339 Å². The van der Waals surface area contributed by atoms with Crippen molar-refractivity contribution in [3.8, 4) is 79.1 Å². The Morgan fingerprint density at radius 3 is 1.56 bits per heavy atom. The molecule has 0 aliphatic heterocycles. The van der Waals surface area contributed by atoms with Crippen LogP contribution >= 0.6 is 0 Å². The van der Waals surface area contributed by atoms with Gasteiger partial charge < -0.3 is 4.42 Å². The molecule has 0 saturated heterocycles. The molecule has 0 unspecified atom stereocenters. The lowest BCUT2D eigenvalue weighted by atomic mass is 10.0. The third-order valence-corrected chi connectivity index (χ3v) is 10.6. The lowest BCUT2D eigenvalue weighted by molar-refractivity contribution is 0.653. The second-order valence-electron chi connectivity index (χ2n) is 14.4. The summed E-state index contributed by atoms with van der Waals surface area (Å²) in [6.45, 7) is 0. The SMILES string of the molecule is c1ccc(-c2cccc(-c3nc(-c4ccccc4)nc(-c4ccc(-c5cnc6oc7c(-c8ccccc8)nc(-c8ccc9ccccc9c8)nc7c6c5)cc4)n3)c2)cc1. The molecule has 0 aliphatic carbocycles. The van der Waals surface area contributed by atoms with Crippen molar-refractivity contribution in [2.24, 2.45) is 0 Å². The second-order valence-corrected chi connectivity index (χ2v) is 14.4. The molecule has 0 radical (unpaired) electrons. The minimum absolute atomic E-state index is 0.505. The Bertz CT molecular complexity index is 3310. The highest BCUT2D eigenvalue weighted by Crippen LogP contribution is 2.37. The Balaban J connectivity index is 0.996. The van der Waals surface area contributed by atoms with Crippen LogP contribution in [-0.2, 0) is 0 Å². The summed E-state index contributed by atoms with van der Waals surface area (Å²) in [5.41, 5.74) is 11.3. The molecule has 11 rings (SSSR count). The van der Waals surface area contributed by atoms with Crippen molar-refractivity contribution >= 4 is 33.0 Å². The fraction of sp³-hybridized carbons (Fsp3) is 0. The van der Waals surface area contributed by atoms with Crippen molar-refractivity contribution in [1.82, 2.24) is 29.9 Å². The maximum atomic E-state index is 6.44. The molecule has 0 aliphatic rings. The topological polar surface area (TPSA) is 90.5 Å². The summed E-state index contributed by atoms with van der Waals surface area (Å²) >= 11 is 0. The highest BCUT2D eigenvalue weighted by Gasteiger charge is 2.20. The maximum Gasteiger partial charge on any atom is 0.229 e. The zero-order valence-corrected chi connectivity index (χ0v) is 31.6. The summed E-state index contributed by atoms with van der Waals surface area (Å²) in [6.07, 6.45) is 1.84. The van der Waals surface area contributed by atoms with Crippen LogP contribution < -0.4 is 0 Å². The normalized spacial score (nSPS) is 11.4. The molecule has 0 spiro atoms. The molecule has 0 fully saturated rings. The average Bonchev–Trinajstić information content (AvgIpc) is 3.70. The van der Waals surface area contributed by atoms with E-state index in [1.165, 1.54) is 0 Å². The van der Waals surface area contributed by atoms with Gasteiger partial charge in [0.15, 0.2) is 28.9 Å². The number of pyridine rings is 1. The third-order valence-electron chi connectivity index (χ3n) is 10.6. The molecule has 276 valence electrons. The van der Waals surface area contributed by atoms with Crippen LogP contribution in [0.15, 0.2) is 199 Å². The van der Waals surface area contributed by atoms with Gasteiger partial charge in [0, 0.05) is 39.6 Å². The number of aromatic nitrogens is 6. The lowest BCUT2D eigenvalue weighted by Gasteiger charge is -2.10. The van der Waals surface area contributed by atoms with E-state index in [1.807, 2.05) is 109 Å². The third kappa shape index (κ3) is 6.46. The van der Waals surface area contributed by atoms with E-state index < -0.39 is 0 Å². The fourth-order valence-electron chi connectivity index (χ4n) is 7.57. The number of furan rings is 1. The van der Waals surface area contributed by atoms with E-state index in [-0.39, 0.29) is 0 Å². The van der Waals surface area contributed by atoms with E-state index in [2.05, 4.69) is 84.9 Å². The van der Waals surface area contributed by atoms with Crippen LogP contribution in [0, 0.1) is 0 Å². The van der Waals surface area contributed by atoms with Crippen LogP contribution in [0.1, 0.15) is 0 Å². The summed E-state index contributed by atoms with van der Waals surface area (Å²) in [5.74, 6) is 2.43. The molecule has 4 heterocycles. The van der Waals surface area contributed by atoms with Gasteiger partial charge in [-0.1, -0.05) is 170 Å². The van der Waals surface area contributed by atoms with E-state index in [9.17, 15) is 0 Å². The first-order valence-corrected chi connectivity index (χ1v) is 19.4. The molecule has 0 N–H and O–H groups in total. The zero-order chi connectivity index (χ0) is 39.1. The minimum Gasteiger partial charge on any atom is -0.434 e. The lowest BCUT2D eigenvalue weighted by Crippen LogP contribution is -2.00. The molecule has 0 saturated carbocycles. The monoisotopic (exact) mass is 756 g/mol.